The summed E-state index contributed by atoms with van der Waals surface area (Å²) in [5, 5.41) is 4.08. The Hall–Kier alpha value is -2.78. The van der Waals surface area contributed by atoms with Gasteiger partial charge in [0.15, 0.2) is 5.78 Å². The Morgan fingerprint density at radius 2 is 1.73 bits per heavy atom. The SMILES string of the molecule is COc1ccc(C(CC(=O)c2ccccc2)Nc2cccc(Cl)c2)cc1. The fourth-order valence-electron chi connectivity index (χ4n) is 2.80. The van der Waals surface area contributed by atoms with Crippen LogP contribution in [0.25, 0.3) is 0 Å². The molecule has 0 aromatic heterocycles. The van der Waals surface area contributed by atoms with Crippen LogP contribution in [0.1, 0.15) is 28.4 Å². The number of Topliss-reactive ketones (excluding diaryl/α,β-unsaturated/α-hetero) is 1. The number of anilines is 1. The molecule has 1 unspecified atom stereocenters. The Morgan fingerprint density at radius 3 is 2.38 bits per heavy atom. The lowest BCUT2D eigenvalue weighted by atomic mass is 9.97. The van der Waals surface area contributed by atoms with Crippen LogP contribution in [-0.2, 0) is 0 Å². The van der Waals surface area contributed by atoms with Gasteiger partial charge in [0.1, 0.15) is 5.75 Å². The maximum atomic E-state index is 12.7. The summed E-state index contributed by atoms with van der Waals surface area (Å²) in [5.41, 5.74) is 2.59. The van der Waals surface area contributed by atoms with Crippen LogP contribution in [0.15, 0.2) is 78.9 Å². The summed E-state index contributed by atoms with van der Waals surface area (Å²) in [5.74, 6) is 0.866. The molecule has 26 heavy (non-hydrogen) atoms. The first-order chi connectivity index (χ1) is 12.7. The standard InChI is InChI=1S/C22H20ClNO2/c1-26-20-12-10-16(11-13-20)21(24-19-9-5-8-18(23)14-19)15-22(25)17-6-3-2-4-7-17/h2-14,21,24H,15H2,1H3. The Kier molecular flexibility index (Phi) is 5.92. The summed E-state index contributed by atoms with van der Waals surface area (Å²) >= 11 is 6.09. The number of rotatable bonds is 7. The fraction of sp³-hybridized carbons (Fsp3) is 0.136. The van der Waals surface area contributed by atoms with Gasteiger partial charge in [0.05, 0.1) is 13.2 Å². The number of hydrogen-bond donors (Lipinski definition) is 1. The van der Waals surface area contributed by atoms with E-state index in [1.807, 2.05) is 78.9 Å². The molecule has 3 aromatic rings. The number of halogens is 1. The quantitative estimate of drug-likeness (QED) is 0.540. The van der Waals surface area contributed by atoms with Crippen molar-refractivity contribution in [3.8, 4) is 5.75 Å². The van der Waals surface area contributed by atoms with Crippen molar-refractivity contribution < 1.29 is 9.53 Å². The molecule has 0 fully saturated rings. The first-order valence-electron chi connectivity index (χ1n) is 8.40. The lowest BCUT2D eigenvalue weighted by Crippen LogP contribution is -2.16. The van der Waals surface area contributed by atoms with Gasteiger partial charge >= 0.3 is 0 Å². The Labute approximate surface area is 158 Å². The molecular formula is C22H20ClNO2. The molecule has 0 aliphatic heterocycles. The van der Waals surface area contributed by atoms with Gasteiger partial charge in [0.2, 0.25) is 0 Å². The molecule has 0 aliphatic carbocycles. The van der Waals surface area contributed by atoms with Gasteiger partial charge in [-0.3, -0.25) is 4.79 Å². The van der Waals surface area contributed by atoms with Crippen LogP contribution in [0.5, 0.6) is 5.75 Å². The number of nitrogens with one attached hydrogen (secondary N) is 1. The van der Waals surface area contributed by atoms with E-state index in [1.54, 1.807) is 7.11 Å². The predicted molar refractivity (Wildman–Crippen MR) is 106 cm³/mol. The van der Waals surface area contributed by atoms with Crippen molar-refractivity contribution in [3.05, 3.63) is 95.0 Å². The van der Waals surface area contributed by atoms with Crippen LogP contribution in [-0.4, -0.2) is 12.9 Å². The third kappa shape index (κ3) is 4.64. The van der Waals surface area contributed by atoms with E-state index < -0.39 is 0 Å². The lowest BCUT2D eigenvalue weighted by molar-refractivity contribution is 0.0976. The van der Waals surface area contributed by atoms with Gasteiger partial charge in [0, 0.05) is 22.7 Å². The van der Waals surface area contributed by atoms with Gasteiger partial charge in [-0.25, -0.2) is 0 Å². The maximum absolute atomic E-state index is 12.7. The minimum absolute atomic E-state index is 0.0842. The Balaban J connectivity index is 1.86. The normalized spacial score (nSPS) is 11.6. The Morgan fingerprint density at radius 1 is 1.00 bits per heavy atom. The maximum Gasteiger partial charge on any atom is 0.165 e. The third-order valence-corrected chi connectivity index (χ3v) is 4.40. The van der Waals surface area contributed by atoms with Gasteiger partial charge in [-0.05, 0) is 35.9 Å². The number of methoxy groups -OCH3 is 1. The summed E-state index contributed by atoms with van der Waals surface area (Å²) in [6.07, 6.45) is 0.336. The van der Waals surface area contributed by atoms with Crippen molar-refractivity contribution in [1.82, 2.24) is 0 Å². The van der Waals surface area contributed by atoms with Gasteiger partial charge in [0.25, 0.3) is 0 Å². The molecule has 3 rings (SSSR count). The minimum atomic E-state index is -0.174. The molecule has 0 bridgehead atoms. The van der Waals surface area contributed by atoms with Crippen molar-refractivity contribution in [1.29, 1.82) is 0 Å². The fourth-order valence-corrected chi connectivity index (χ4v) is 2.99. The summed E-state index contributed by atoms with van der Waals surface area (Å²) in [4.78, 5) is 12.7. The van der Waals surface area contributed by atoms with E-state index in [9.17, 15) is 4.79 Å². The van der Waals surface area contributed by atoms with Crippen LogP contribution >= 0.6 is 11.6 Å². The molecule has 0 aliphatic rings. The van der Waals surface area contributed by atoms with Crippen LogP contribution in [0.4, 0.5) is 5.69 Å². The van der Waals surface area contributed by atoms with E-state index in [2.05, 4.69) is 5.32 Å². The monoisotopic (exact) mass is 365 g/mol. The highest BCUT2D eigenvalue weighted by Crippen LogP contribution is 2.27. The third-order valence-electron chi connectivity index (χ3n) is 4.17. The zero-order valence-electron chi connectivity index (χ0n) is 14.5. The molecular weight excluding hydrogens is 346 g/mol. The smallest absolute Gasteiger partial charge is 0.165 e. The molecule has 3 aromatic carbocycles. The number of benzene rings is 3. The first kappa shape index (κ1) is 18.0. The van der Waals surface area contributed by atoms with E-state index in [1.165, 1.54) is 0 Å². The molecule has 1 atom stereocenters. The molecule has 1 N–H and O–H groups in total. The van der Waals surface area contributed by atoms with Crippen molar-refractivity contribution in [2.75, 3.05) is 12.4 Å². The summed E-state index contributed by atoms with van der Waals surface area (Å²) in [6, 6.07) is 24.4. The minimum Gasteiger partial charge on any atom is -0.497 e. The van der Waals surface area contributed by atoms with Gasteiger partial charge < -0.3 is 10.1 Å². The van der Waals surface area contributed by atoms with Crippen LogP contribution < -0.4 is 10.1 Å². The number of ether oxygens (including phenoxy) is 1. The molecule has 3 nitrogen and oxygen atoms in total. The number of hydrogen-bond acceptors (Lipinski definition) is 3. The van der Waals surface area contributed by atoms with Crippen LogP contribution in [0.2, 0.25) is 5.02 Å². The predicted octanol–water partition coefficient (Wildman–Crippen LogP) is 5.77. The van der Waals surface area contributed by atoms with Crippen molar-refractivity contribution in [2.24, 2.45) is 0 Å². The molecule has 132 valence electrons. The molecule has 0 amide bonds. The first-order valence-corrected chi connectivity index (χ1v) is 8.78. The number of carbonyl (C=O) groups excluding carboxylic acids is 1. The lowest BCUT2D eigenvalue weighted by Gasteiger charge is -2.20. The van der Waals surface area contributed by atoms with Crippen molar-refractivity contribution >= 4 is 23.1 Å². The van der Waals surface area contributed by atoms with E-state index in [0.29, 0.717) is 17.0 Å². The second kappa shape index (κ2) is 8.54. The van der Waals surface area contributed by atoms with Gasteiger partial charge in [-0.1, -0.05) is 60.1 Å². The highest BCUT2D eigenvalue weighted by Gasteiger charge is 2.17. The highest BCUT2D eigenvalue weighted by atomic mass is 35.5. The van der Waals surface area contributed by atoms with Gasteiger partial charge in [-0.2, -0.15) is 0 Å². The molecule has 0 saturated heterocycles. The zero-order chi connectivity index (χ0) is 18.4. The largest absolute Gasteiger partial charge is 0.497 e. The molecule has 0 radical (unpaired) electrons. The van der Waals surface area contributed by atoms with E-state index in [0.717, 1.165) is 17.0 Å². The topological polar surface area (TPSA) is 38.3 Å². The summed E-state index contributed by atoms with van der Waals surface area (Å²) < 4.78 is 5.23. The van der Waals surface area contributed by atoms with E-state index >= 15 is 0 Å². The molecule has 0 saturated carbocycles. The van der Waals surface area contributed by atoms with E-state index in [4.69, 9.17) is 16.3 Å². The average molecular weight is 366 g/mol. The van der Waals surface area contributed by atoms with Crippen molar-refractivity contribution in [2.45, 2.75) is 12.5 Å². The molecule has 0 heterocycles. The second-order valence-electron chi connectivity index (χ2n) is 5.97. The second-order valence-corrected chi connectivity index (χ2v) is 6.41. The Bertz CT molecular complexity index is 863. The highest BCUT2D eigenvalue weighted by molar-refractivity contribution is 6.30. The molecule has 4 heteroatoms. The van der Waals surface area contributed by atoms with Crippen LogP contribution in [0.3, 0.4) is 0 Å². The van der Waals surface area contributed by atoms with E-state index in [-0.39, 0.29) is 11.8 Å². The van der Waals surface area contributed by atoms with Crippen molar-refractivity contribution in [3.63, 3.8) is 0 Å². The number of ketones is 1. The van der Waals surface area contributed by atoms with Crippen LogP contribution in [0, 0.1) is 0 Å². The summed E-state index contributed by atoms with van der Waals surface area (Å²) in [6.45, 7) is 0. The average Bonchev–Trinajstić information content (AvgIpc) is 2.68. The molecule has 0 spiro atoms. The number of carbonyl (C=O) groups is 1. The van der Waals surface area contributed by atoms with Gasteiger partial charge in [-0.15, -0.1) is 0 Å². The zero-order valence-corrected chi connectivity index (χ0v) is 15.2. The summed E-state index contributed by atoms with van der Waals surface area (Å²) in [7, 11) is 1.63.